The molecule has 0 aromatic heterocycles. The highest BCUT2D eigenvalue weighted by atomic mass is 32.2. The average Bonchev–Trinajstić information content (AvgIpc) is 2.93. The van der Waals surface area contributed by atoms with Crippen LogP contribution < -0.4 is 5.32 Å². The molecular formula is C14H17NO2S. The van der Waals surface area contributed by atoms with Crippen LogP contribution in [0.3, 0.4) is 0 Å². The van der Waals surface area contributed by atoms with E-state index in [1.165, 1.54) is 10.5 Å². The summed E-state index contributed by atoms with van der Waals surface area (Å²) in [6.07, 6.45) is 2.62. The molecule has 2 unspecified atom stereocenters. The predicted octanol–water partition coefficient (Wildman–Crippen LogP) is 2.52. The molecule has 0 bridgehead atoms. The molecule has 2 aliphatic heterocycles. The third-order valence-electron chi connectivity index (χ3n) is 3.50. The normalized spacial score (nSPS) is 26.7. The summed E-state index contributed by atoms with van der Waals surface area (Å²) in [5.74, 6) is 1.12. The summed E-state index contributed by atoms with van der Waals surface area (Å²) in [6, 6.07) is 8.48. The minimum absolute atomic E-state index is 0.0548. The third-order valence-corrected chi connectivity index (χ3v) is 4.62. The minimum atomic E-state index is -0.230. The van der Waals surface area contributed by atoms with E-state index in [9.17, 15) is 4.79 Å². The number of hydrogen-bond donors (Lipinski definition) is 1. The Morgan fingerprint density at radius 3 is 3.06 bits per heavy atom. The molecule has 96 valence electrons. The van der Waals surface area contributed by atoms with Gasteiger partial charge >= 0.3 is 0 Å². The lowest BCUT2D eigenvalue weighted by Gasteiger charge is -2.26. The molecule has 0 saturated carbocycles. The van der Waals surface area contributed by atoms with Crippen LogP contribution in [0.4, 0.5) is 0 Å². The van der Waals surface area contributed by atoms with Gasteiger partial charge in [-0.15, -0.1) is 11.8 Å². The topological polar surface area (TPSA) is 38.3 Å². The second kappa shape index (κ2) is 5.33. The van der Waals surface area contributed by atoms with Crippen molar-refractivity contribution in [3.8, 4) is 0 Å². The first-order chi connectivity index (χ1) is 8.84. The Morgan fingerprint density at radius 2 is 2.22 bits per heavy atom. The first kappa shape index (κ1) is 12.1. The summed E-state index contributed by atoms with van der Waals surface area (Å²) in [5, 5.41) is 3.14. The molecule has 1 saturated heterocycles. The van der Waals surface area contributed by atoms with Crippen molar-refractivity contribution in [3.05, 3.63) is 29.8 Å². The van der Waals surface area contributed by atoms with E-state index >= 15 is 0 Å². The number of hydrogen-bond acceptors (Lipinski definition) is 3. The van der Waals surface area contributed by atoms with E-state index in [0.717, 1.165) is 31.6 Å². The van der Waals surface area contributed by atoms with E-state index < -0.39 is 0 Å². The molecule has 3 rings (SSSR count). The van der Waals surface area contributed by atoms with Crippen LogP contribution >= 0.6 is 11.8 Å². The lowest BCUT2D eigenvalue weighted by atomic mass is 10.0. The number of carbonyl (C=O) groups excluding carboxylic acids is 1. The maximum Gasteiger partial charge on any atom is 0.249 e. The Kier molecular flexibility index (Phi) is 3.57. The van der Waals surface area contributed by atoms with Crippen LogP contribution in [0.2, 0.25) is 0 Å². The Labute approximate surface area is 111 Å². The molecule has 2 atom stereocenters. The van der Waals surface area contributed by atoms with Crippen molar-refractivity contribution in [3.63, 3.8) is 0 Å². The number of thioether (sulfide) groups is 1. The Bertz CT molecular complexity index is 443. The standard InChI is InChI=1S/C14H17NO2S/c16-14(12-5-3-8-17-12)15-11-7-9-18-13-6-2-1-4-10(11)13/h1-2,4,6,11-12H,3,5,7-9H2,(H,15,16). The van der Waals surface area contributed by atoms with E-state index in [4.69, 9.17) is 4.74 Å². The molecule has 18 heavy (non-hydrogen) atoms. The minimum Gasteiger partial charge on any atom is -0.368 e. The van der Waals surface area contributed by atoms with Gasteiger partial charge in [0.25, 0.3) is 0 Å². The molecule has 1 fully saturated rings. The zero-order valence-corrected chi connectivity index (χ0v) is 11.0. The van der Waals surface area contributed by atoms with Crippen molar-refractivity contribution < 1.29 is 9.53 Å². The van der Waals surface area contributed by atoms with E-state index in [2.05, 4.69) is 23.5 Å². The van der Waals surface area contributed by atoms with Gasteiger partial charge in [-0.25, -0.2) is 0 Å². The van der Waals surface area contributed by atoms with Gasteiger partial charge in [0.1, 0.15) is 6.10 Å². The summed E-state index contributed by atoms with van der Waals surface area (Å²) in [6.45, 7) is 0.717. The molecule has 1 N–H and O–H groups in total. The van der Waals surface area contributed by atoms with Gasteiger partial charge in [-0.2, -0.15) is 0 Å². The molecule has 0 radical (unpaired) electrons. The second-order valence-electron chi connectivity index (χ2n) is 4.74. The molecule has 2 aliphatic rings. The lowest BCUT2D eigenvalue weighted by molar-refractivity contribution is -0.130. The van der Waals surface area contributed by atoms with Crippen LogP contribution in [0.25, 0.3) is 0 Å². The Morgan fingerprint density at radius 1 is 1.33 bits per heavy atom. The fourth-order valence-electron chi connectivity index (χ4n) is 2.54. The number of carbonyl (C=O) groups is 1. The van der Waals surface area contributed by atoms with Crippen LogP contribution in [-0.2, 0) is 9.53 Å². The molecule has 1 amide bonds. The average molecular weight is 263 g/mol. The Hall–Kier alpha value is -1.00. The SMILES string of the molecule is O=C(NC1CCSc2ccccc21)C1CCCO1. The summed E-state index contributed by atoms with van der Waals surface area (Å²) in [4.78, 5) is 13.4. The number of nitrogens with one attached hydrogen (secondary N) is 1. The number of amides is 1. The van der Waals surface area contributed by atoms with Gasteiger partial charge in [-0.3, -0.25) is 4.79 Å². The fraction of sp³-hybridized carbons (Fsp3) is 0.500. The van der Waals surface area contributed by atoms with Crippen molar-refractivity contribution in [1.82, 2.24) is 5.32 Å². The van der Waals surface area contributed by atoms with Crippen LogP contribution in [0.15, 0.2) is 29.2 Å². The molecule has 0 aliphatic carbocycles. The molecule has 4 heteroatoms. The van der Waals surface area contributed by atoms with Crippen molar-refractivity contribution in [1.29, 1.82) is 0 Å². The van der Waals surface area contributed by atoms with E-state index in [-0.39, 0.29) is 18.1 Å². The predicted molar refractivity (Wildman–Crippen MR) is 71.6 cm³/mol. The van der Waals surface area contributed by atoms with Crippen LogP contribution in [0, 0.1) is 0 Å². The van der Waals surface area contributed by atoms with E-state index in [0.29, 0.717) is 0 Å². The smallest absolute Gasteiger partial charge is 0.249 e. The van der Waals surface area contributed by atoms with Gasteiger partial charge in [0, 0.05) is 17.3 Å². The molecular weight excluding hydrogens is 246 g/mol. The van der Waals surface area contributed by atoms with Crippen molar-refractivity contribution >= 4 is 17.7 Å². The molecule has 1 aromatic rings. The highest BCUT2D eigenvalue weighted by Crippen LogP contribution is 2.35. The van der Waals surface area contributed by atoms with Crippen molar-refractivity contribution in [2.24, 2.45) is 0 Å². The highest BCUT2D eigenvalue weighted by molar-refractivity contribution is 7.99. The first-order valence-electron chi connectivity index (χ1n) is 6.48. The molecule has 1 aromatic carbocycles. The van der Waals surface area contributed by atoms with Crippen LogP contribution in [0.1, 0.15) is 30.9 Å². The maximum absolute atomic E-state index is 12.1. The number of ether oxygens (including phenoxy) is 1. The second-order valence-corrected chi connectivity index (χ2v) is 5.87. The quantitative estimate of drug-likeness (QED) is 0.891. The first-order valence-corrected chi connectivity index (χ1v) is 7.47. The van der Waals surface area contributed by atoms with Crippen molar-refractivity contribution in [2.45, 2.75) is 36.3 Å². The van der Waals surface area contributed by atoms with Gasteiger partial charge in [-0.1, -0.05) is 18.2 Å². The number of fused-ring (bicyclic) bond motifs is 1. The van der Waals surface area contributed by atoms with E-state index in [1.807, 2.05) is 17.8 Å². The molecule has 2 heterocycles. The van der Waals surface area contributed by atoms with Gasteiger partial charge in [0.05, 0.1) is 6.04 Å². The van der Waals surface area contributed by atoms with Crippen molar-refractivity contribution in [2.75, 3.05) is 12.4 Å². The molecule has 3 nitrogen and oxygen atoms in total. The number of benzene rings is 1. The largest absolute Gasteiger partial charge is 0.368 e. The van der Waals surface area contributed by atoms with Gasteiger partial charge in [-0.05, 0) is 30.9 Å². The summed E-state index contributed by atoms with van der Waals surface area (Å²) >= 11 is 1.87. The Balaban J connectivity index is 1.72. The van der Waals surface area contributed by atoms with E-state index in [1.54, 1.807) is 0 Å². The number of rotatable bonds is 2. The van der Waals surface area contributed by atoms with Gasteiger partial charge in [0.2, 0.25) is 5.91 Å². The monoisotopic (exact) mass is 263 g/mol. The van der Waals surface area contributed by atoms with Crippen LogP contribution in [0.5, 0.6) is 0 Å². The highest BCUT2D eigenvalue weighted by Gasteiger charge is 2.28. The zero-order chi connectivity index (χ0) is 12.4. The van der Waals surface area contributed by atoms with Crippen LogP contribution in [-0.4, -0.2) is 24.4 Å². The zero-order valence-electron chi connectivity index (χ0n) is 10.2. The molecule has 0 spiro atoms. The summed E-state index contributed by atoms with van der Waals surface area (Å²) < 4.78 is 5.43. The van der Waals surface area contributed by atoms with Gasteiger partial charge < -0.3 is 10.1 Å². The maximum atomic E-state index is 12.1. The summed E-state index contributed by atoms with van der Waals surface area (Å²) in [7, 11) is 0. The fourth-order valence-corrected chi connectivity index (χ4v) is 3.67. The third kappa shape index (κ3) is 2.40. The summed E-state index contributed by atoms with van der Waals surface area (Å²) in [5.41, 5.74) is 1.25. The van der Waals surface area contributed by atoms with Gasteiger partial charge in [0.15, 0.2) is 0 Å². The lowest BCUT2D eigenvalue weighted by Crippen LogP contribution is -2.37.